The highest BCUT2D eigenvalue weighted by Gasteiger charge is 2.17. The van der Waals surface area contributed by atoms with Crippen molar-refractivity contribution in [3.8, 4) is 0 Å². The van der Waals surface area contributed by atoms with Crippen LogP contribution in [-0.4, -0.2) is 5.11 Å². The number of aliphatic hydroxyl groups is 1. The van der Waals surface area contributed by atoms with Crippen LogP contribution in [0.2, 0.25) is 5.02 Å². The van der Waals surface area contributed by atoms with Crippen molar-refractivity contribution < 1.29 is 5.11 Å². The molecule has 1 aliphatic rings. The Labute approximate surface area is 95.4 Å². The second-order valence-corrected chi connectivity index (χ2v) is 4.36. The first-order valence-electron chi connectivity index (χ1n) is 5.40. The predicted molar refractivity (Wildman–Crippen MR) is 63.0 cm³/mol. The fraction of sp³-hybridized carbons (Fsp3) is 0.385. The molecule has 1 N–H and O–H groups in total. The number of hydrogen-bond acceptors (Lipinski definition) is 1. The van der Waals surface area contributed by atoms with Crippen molar-refractivity contribution >= 4 is 11.6 Å². The van der Waals surface area contributed by atoms with E-state index in [0.29, 0.717) is 5.02 Å². The lowest BCUT2D eigenvalue weighted by molar-refractivity contribution is 0.208. The minimum atomic E-state index is -0.515. The maximum absolute atomic E-state index is 10.2. The van der Waals surface area contributed by atoms with E-state index in [1.807, 2.05) is 24.3 Å². The van der Waals surface area contributed by atoms with Crippen LogP contribution in [0.4, 0.5) is 0 Å². The van der Waals surface area contributed by atoms with E-state index in [4.69, 9.17) is 11.6 Å². The molecule has 0 heterocycles. The van der Waals surface area contributed by atoms with Crippen molar-refractivity contribution in [2.75, 3.05) is 0 Å². The highest BCUT2D eigenvalue weighted by molar-refractivity contribution is 6.31. The normalized spacial score (nSPS) is 18.4. The van der Waals surface area contributed by atoms with Crippen molar-refractivity contribution in [2.24, 2.45) is 0 Å². The van der Waals surface area contributed by atoms with Crippen LogP contribution in [0.3, 0.4) is 0 Å². The number of benzene rings is 1. The van der Waals surface area contributed by atoms with E-state index in [0.717, 1.165) is 24.0 Å². The number of aliphatic hydroxyl groups excluding tert-OH is 1. The maximum Gasteiger partial charge on any atom is 0.101 e. The summed E-state index contributed by atoms with van der Waals surface area (Å²) in [6.07, 6.45) is 6.12. The van der Waals surface area contributed by atoms with Gasteiger partial charge in [-0.2, -0.15) is 0 Å². The minimum absolute atomic E-state index is 0.515. The van der Waals surface area contributed by atoms with Crippen molar-refractivity contribution in [3.63, 3.8) is 0 Å². The van der Waals surface area contributed by atoms with E-state index in [1.54, 1.807) is 0 Å². The summed E-state index contributed by atoms with van der Waals surface area (Å²) in [7, 11) is 0. The molecule has 15 heavy (non-hydrogen) atoms. The molecule has 0 bridgehead atoms. The average Bonchev–Trinajstić information content (AvgIpc) is 2.30. The summed E-state index contributed by atoms with van der Waals surface area (Å²) < 4.78 is 0. The first kappa shape index (κ1) is 10.7. The van der Waals surface area contributed by atoms with Crippen LogP contribution in [0, 0.1) is 0 Å². The summed E-state index contributed by atoms with van der Waals surface area (Å²) in [5.74, 6) is 0. The van der Waals surface area contributed by atoms with Crippen LogP contribution in [0.5, 0.6) is 0 Å². The molecule has 1 atom stereocenters. The molecule has 0 saturated heterocycles. The molecule has 0 saturated carbocycles. The molecule has 0 fully saturated rings. The van der Waals surface area contributed by atoms with Crippen LogP contribution >= 0.6 is 11.6 Å². The lowest BCUT2D eigenvalue weighted by atomic mass is 9.92. The van der Waals surface area contributed by atoms with Gasteiger partial charge in [0.1, 0.15) is 6.10 Å². The summed E-state index contributed by atoms with van der Waals surface area (Å²) >= 11 is 6.05. The van der Waals surface area contributed by atoms with E-state index in [9.17, 15) is 5.11 Å². The Morgan fingerprint density at radius 1 is 1.20 bits per heavy atom. The fourth-order valence-corrected chi connectivity index (χ4v) is 2.25. The molecular formula is C13H15ClO. The Kier molecular flexibility index (Phi) is 3.45. The van der Waals surface area contributed by atoms with Gasteiger partial charge in [0.2, 0.25) is 0 Å². The van der Waals surface area contributed by atoms with E-state index >= 15 is 0 Å². The second-order valence-electron chi connectivity index (χ2n) is 3.95. The van der Waals surface area contributed by atoms with Gasteiger partial charge in [-0.1, -0.05) is 35.9 Å². The third-order valence-corrected chi connectivity index (χ3v) is 3.22. The highest BCUT2D eigenvalue weighted by Crippen LogP contribution is 2.32. The summed E-state index contributed by atoms with van der Waals surface area (Å²) in [5.41, 5.74) is 1.95. The topological polar surface area (TPSA) is 20.2 Å². The van der Waals surface area contributed by atoms with Gasteiger partial charge < -0.3 is 5.11 Å². The lowest BCUT2D eigenvalue weighted by Crippen LogP contribution is -2.05. The van der Waals surface area contributed by atoms with Crippen LogP contribution in [0.25, 0.3) is 0 Å². The lowest BCUT2D eigenvalue weighted by Gasteiger charge is -2.19. The monoisotopic (exact) mass is 222 g/mol. The Balaban J connectivity index is 2.23. The molecule has 80 valence electrons. The molecule has 1 unspecified atom stereocenters. The zero-order chi connectivity index (χ0) is 10.7. The third-order valence-electron chi connectivity index (χ3n) is 2.88. The van der Waals surface area contributed by atoms with Crippen molar-refractivity contribution in [3.05, 3.63) is 46.5 Å². The van der Waals surface area contributed by atoms with Crippen LogP contribution in [0.15, 0.2) is 35.9 Å². The molecule has 0 aromatic heterocycles. The van der Waals surface area contributed by atoms with Gasteiger partial charge in [-0.15, -0.1) is 0 Å². The molecule has 0 spiro atoms. The van der Waals surface area contributed by atoms with Gasteiger partial charge in [-0.05, 0) is 37.3 Å². The smallest absolute Gasteiger partial charge is 0.101 e. The van der Waals surface area contributed by atoms with E-state index in [-0.39, 0.29) is 0 Å². The standard InChI is InChI=1S/C13H15ClO/c14-12-9-5-4-8-11(12)13(15)10-6-2-1-3-7-10/h4-6,8-9,13,15H,1-3,7H2. The van der Waals surface area contributed by atoms with E-state index in [1.165, 1.54) is 12.8 Å². The zero-order valence-corrected chi connectivity index (χ0v) is 9.37. The average molecular weight is 223 g/mol. The summed E-state index contributed by atoms with van der Waals surface area (Å²) in [6, 6.07) is 7.51. The van der Waals surface area contributed by atoms with Gasteiger partial charge >= 0.3 is 0 Å². The quantitative estimate of drug-likeness (QED) is 0.754. The Morgan fingerprint density at radius 2 is 2.00 bits per heavy atom. The van der Waals surface area contributed by atoms with Gasteiger partial charge in [-0.25, -0.2) is 0 Å². The predicted octanol–water partition coefficient (Wildman–Crippen LogP) is 3.87. The second kappa shape index (κ2) is 4.82. The molecular weight excluding hydrogens is 208 g/mol. The van der Waals surface area contributed by atoms with Crippen LogP contribution < -0.4 is 0 Å². The van der Waals surface area contributed by atoms with Crippen molar-refractivity contribution in [1.29, 1.82) is 0 Å². The number of hydrogen-bond donors (Lipinski definition) is 1. The molecule has 0 aliphatic heterocycles. The Morgan fingerprint density at radius 3 is 2.67 bits per heavy atom. The SMILES string of the molecule is OC(C1=CCCCC1)c1ccccc1Cl. The summed E-state index contributed by atoms with van der Waals surface area (Å²) in [4.78, 5) is 0. The molecule has 1 aliphatic carbocycles. The maximum atomic E-state index is 10.2. The first-order valence-corrected chi connectivity index (χ1v) is 5.78. The molecule has 1 aromatic rings. The molecule has 0 amide bonds. The van der Waals surface area contributed by atoms with Crippen LogP contribution in [0.1, 0.15) is 37.4 Å². The molecule has 2 rings (SSSR count). The number of halogens is 1. The van der Waals surface area contributed by atoms with Crippen molar-refractivity contribution in [2.45, 2.75) is 31.8 Å². The van der Waals surface area contributed by atoms with Gasteiger partial charge in [0.15, 0.2) is 0 Å². The van der Waals surface area contributed by atoms with Crippen LogP contribution in [-0.2, 0) is 0 Å². The Hall–Kier alpha value is -0.790. The molecule has 0 radical (unpaired) electrons. The molecule has 2 heteroatoms. The summed E-state index contributed by atoms with van der Waals surface area (Å²) in [5, 5.41) is 10.8. The fourth-order valence-electron chi connectivity index (χ4n) is 2.01. The summed E-state index contributed by atoms with van der Waals surface area (Å²) in [6.45, 7) is 0. The highest BCUT2D eigenvalue weighted by atomic mass is 35.5. The van der Waals surface area contributed by atoms with Gasteiger partial charge in [0, 0.05) is 10.6 Å². The van der Waals surface area contributed by atoms with Gasteiger partial charge in [0.25, 0.3) is 0 Å². The van der Waals surface area contributed by atoms with Gasteiger partial charge in [-0.3, -0.25) is 0 Å². The first-order chi connectivity index (χ1) is 7.29. The van der Waals surface area contributed by atoms with Gasteiger partial charge in [0.05, 0.1) is 0 Å². The molecule has 1 nitrogen and oxygen atoms in total. The molecule has 1 aromatic carbocycles. The number of allylic oxidation sites excluding steroid dienone is 1. The van der Waals surface area contributed by atoms with E-state index < -0.39 is 6.10 Å². The van der Waals surface area contributed by atoms with Crippen molar-refractivity contribution in [1.82, 2.24) is 0 Å². The zero-order valence-electron chi connectivity index (χ0n) is 8.62. The largest absolute Gasteiger partial charge is 0.384 e. The Bertz CT molecular complexity index is 371. The van der Waals surface area contributed by atoms with E-state index in [2.05, 4.69) is 6.08 Å². The minimum Gasteiger partial charge on any atom is -0.384 e. The number of rotatable bonds is 2. The third kappa shape index (κ3) is 2.42.